The van der Waals surface area contributed by atoms with Gasteiger partial charge in [0.1, 0.15) is 0 Å². The van der Waals surface area contributed by atoms with Crippen LogP contribution in [0.25, 0.3) is 0 Å². The van der Waals surface area contributed by atoms with E-state index in [0.717, 1.165) is 6.42 Å². The summed E-state index contributed by atoms with van der Waals surface area (Å²) in [5, 5.41) is 0. The lowest BCUT2D eigenvalue weighted by Gasteiger charge is -1.89. The van der Waals surface area contributed by atoms with Gasteiger partial charge in [-0.1, -0.05) is 48.6 Å². The Morgan fingerprint density at radius 1 is 0.583 bits per heavy atom. The molecule has 12 heavy (non-hydrogen) atoms. The molecule has 0 radical (unpaired) electrons. The average Bonchev–Trinajstić information content (AvgIpc) is 2.05. The summed E-state index contributed by atoms with van der Waals surface area (Å²) in [5.74, 6) is 0. The molecule has 0 N–H and O–H groups in total. The molecule has 64 valence electrons. The van der Waals surface area contributed by atoms with Crippen LogP contribution in [0.1, 0.15) is 25.7 Å². The van der Waals surface area contributed by atoms with Gasteiger partial charge in [-0.15, -0.1) is 0 Å². The summed E-state index contributed by atoms with van der Waals surface area (Å²) in [6.07, 6.45) is 22.0. The molecular formula is C12H16. The standard InChI is InChI=1S/C12H16/c1-2-4-6-8-10-12-11-9-7-5-3-1/h1-4,7,9,11-12H,5-6,8,10H2/b3-1+,4-2-,9-7+,12-11-. The maximum Gasteiger partial charge on any atom is -0.0163 e. The van der Waals surface area contributed by atoms with Gasteiger partial charge in [0.05, 0.1) is 0 Å². The van der Waals surface area contributed by atoms with Crippen LogP contribution < -0.4 is 0 Å². The van der Waals surface area contributed by atoms with Crippen LogP contribution in [0.3, 0.4) is 0 Å². The van der Waals surface area contributed by atoms with Crippen molar-refractivity contribution in [1.82, 2.24) is 0 Å². The smallest absolute Gasteiger partial charge is 0.0163 e. The van der Waals surface area contributed by atoms with Gasteiger partial charge in [-0.2, -0.15) is 0 Å². The zero-order chi connectivity index (χ0) is 8.49. The summed E-state index contributed by atoms with van der Waals surface area (Å²) < 4.78 is 0. The second kappa shape index (κ2) is 6.66. The lowest BCUT2D eigenvalue weighted by molar-refractivity contribution is 0.868. The van der Waals surface area contributed by atoms with Gasteiger partial charge in [0, 0.05) is 0 Å². The van der Waals surface area contributed by atoms with Gasteiger partial charge in [0.25, 0.3) is 0 Å². The highest BCUT2D eigenvalue weighted by atomic mass is 13.9. The van der Waals surface area contributed by atoms with Gasteiger partial charge in [-0.3, -0.25) is 0 Å². The van der Waals surface area contributed by atoms with Crippen LogP contribution in [0.2, 0.25) is 0 Å². The quantitative estimate of drug-likeness (QED) is 0.506. The highest BCUT2D eigenvalue weighted by Crippen LogP contribution is 2.00. The fraction of sp³-hybridized carbons (Fsp3) is 0.333. The Labute approximate surface area is 75.0 Å². The molecule has 0 fully saturated rings. The van der Waals surface area contributed by atoms with Crippen LogP contribution in [-0.4, -0.2) is 0 Å². The minimum atomic E-state index is 1.04. The van der Waals surface area contributed by atoms with Crippen molar-refractivity contribution in [2.45, 2.75) is 25.7 Å². The molecule has 0 nitrogen and oxygen atoms in total. The van der Waals surface area contributed by atoms with Crippen molar-refractivity contribution in [1.29, 1.82) is 0 Å². The lowest BCUT2D eigenvalue weighted by Crippen LogP contribution is -1.69. The van der Waals surface area contributed by atoms with E-state index in [1.54, 1.807) is 0 Å². The third-order valence-electron chi connectivity index (χ3n) is 1.78. The van der Waals surface area contributed by atoms with Crippen molar-refractivity contribution in [3.05, 3.63) is 48.6 Å². The Morgan fingerprint density at radius 2 is 1.08 bits per heavy atom. The first-order valence-corrected chi connectivity index (χ1v) is 4.63. The largest absolute Gasteiger partial charge is 0.0845 e. The van der Waals surface area contributed by atoms with Crippen molar-refractivity contribution in [2.75, 3.05) is 0 Å². The van der Waals surface area contributed by atoms with E-state index in [1.165, 1.54) is 19.3 Å². The van der Waals surface area contributed by atoms with Crippen molar-refractivity contribution in [3.8, 4) is 0 Å². The predicted molar refractivity (Wildman–Crippen MR) is 55.0 cm³/mol. The first-order valence-electron chi connectivity index (χ1n) is 4.63. The van der Waals surface area contributed by atoms with E-state index in [4.69, 9.17) is 0 Å². The highest BCUT2D eigenvalue weighted by molar-refractivity contribution is 5.09. The maximum absolute atomic E-state index is 2.23. The molecule has 0 spiro atoms. The molecule has 0 bridgehead atoms. The molecule has 0 heterocycles. The Morgan fingerprint density at radius 3 is 1.67 bits per heavy atom. The van der Waals surface area contributed by atoms with Crippen molar-refractivity contribution < 1.29 is 0 Å². The summed E-state index contributed by atoms with van der Waals surface area (Å²) in [7, 11) is 0. The molecule has 0 amide bonds. The number of hydrogen-bond donors (Lipinski definition) is 0. The molecule has 1 rings (SSSR count). The molecule has 0 aromatic carbocycles. The minimum absolute atomic E-state index is 1.04. The zero-order valence-electron chi connectivity index (χ0n) is 7.45. The maximum atomic E-state index is 2.23. The summed E-state index contributed by atoms with van der Waals surface area (Å²) in [5.41, 5.74) is 0. The zero-order valence-corrected chi connectivity index (χ0v) is 7.45. The van der Waals surface area contributed by atoms with Crippen LogP contribution in [0.4, 0.5) is 0 Å². The molecule has 0 aliphatic heterocycles. The lowest BCUT2D eigenvalue weighted by atomic mass is 10.2. The highest BCUT2D eigenvalue weighted by Gasteiger charge is 1.79. The van der Waals surface area contributed by atoms with Crippen LogP contribution >= 0.6 is 0 Å². The van der Waals surface area contributed by atoms with Gasteiger partial charge in [0.15, 0.2) is 0 Å². The summed E-state index contributed by atoms with van der Waals surface area (Å²) in [6, 6.07) is 0. The van der Waals surface area contributed by atoms with Gasteiger partial charge < -0.3 is 0 Å². The molecule has 1 aliphatic rings. The molecule has 0 saturated carbocycles. The summed E-state index contributed by atoms with van der Waals surface area (Å²) >= 11 is 0. The van der Waals surface area contributed by atoms with Gasteiger partial charge in [-0.25, -0.2) is 0 Å². The Balaban J connectivity index is 2.42. The van der Waals surface area contributed by atoms with E-state index >= 15 is 0 Å². The predicted octanol–water partition coefficient (Wildman–Crippen LogP) is 3.79. The van der Waals surface area contributed by atoms with Crippen LogP contribution in [0.15, 0.2) is 48.6 Å². The second-order valence-electron chi connectivity index (χ2n) is 2.88. The van der Waals surface area contributed by atoms with E-state index in [9.17, 15) is 0 Å². The van der Waals surface area contributed by atoms with E-state index < -0.39 is 0 Å². The first kappa shape index (κ1) is 9.05. The van der Waals surface area contributed by atoms with Crippen LogP contribution in [0.5, 0.6) is 0 Å². The van der Waals surface area contributed by atoms with Crippen molar-refractivity contribution >= 4 is 0 Å². The fourth-order valence-corrected chi connectivity index (χ4v) is 1.10. The second-order valence-corrected chi connectivity index (χ2v) is 2.88. The van der Waals surface area contributed by atoms with Gasteiger partial charge in [0.2, 0.25) is 0 Å². The monoisotopic (exact) mass is 160 g/mol. The number of allylic oxidation sites excluding steroid dienone is 8. The van der Waals surface area contributed by atoms with Crippen molar-refractivity contribution in [3.63, 3.8) is 0 Å². The third kappa shape index (κ3) is 4.73. The Hall–Kier alpha value is -1.04. The van der Waals surface area contributed by atoms with Crippen LogP contribution in [0, 0.1) is 0 Å². The summed E-state index contributed by atoms with van der Waals surface area (Å²) in [4.78, 5) is 0. The van der Waals surface area contributed by atoms with Crippen molar-refractivity contribution in [2.24, 2.45) is 0 Å². The third-order valence-corrected chi connectivity index (χ3v) is 1.78. The molecular weight excluding hydrogens is 144 g/mol. The normalized spacial score (nSPS) is 29.3. The van der Waals surface area contributed by atoms with E-state index in [0.29, 0.717) is 0 Å². The Bertz CT molecular complexity index is 182. The molecule has 0 aromatic rings. The fourth-order valence-electron chi connectivity index (χ4n) is 1.10. The van der Waals surface area contributed by atoms with E-state index in [1.807, 2.05) is 0 Å². The molecule has 0 atom stereocenters. The van der Waals surface area contributed by atoms with E-state index in [-0.39, 0.29) is 0 Å². The molecule has 0 aromatic heterocycles. The minimum Gasteiger partial charge on any atom is -0.0845 e. The average molecular weight is 160 g/mol. The number of rotatable bonds is 0. The van der Waals surface area contributed by atoms with Gasteiger partial charge in [-0.05, 0) is 25.7 Å². The van der Waals surface area contributed by atoms with E-state index in [2.05, 4.69) is 48.6 Å². The SMILES string of the molecule is C1=C\CCC/C=C\C=C\C/C=C/1. The molecule has 0 saturated heterocycles. The van der Waals surface area contributed by atoms with Crippen LogP contribution in [-0.2, 0) is 0 Å². The Kier molecular flexibility index (Phi) is 5.02. The number of hydrogen-bond acceptors (Lipinski definition) is 0. The van der Waals surface area contributed by atoms with Gasteiger partial charge >= 0.3 is 0 Å². The topological polar surface area (TPSA) is 0 Å². The molecule has 1 aliphatic carbocycles. The first-order chi connectivity index (χ1) is 6.00. The summed E-state index contributed by atoms with van der Waals surface area (Å²) in [6.45, 7) is 0. The molecule has 0 unspecified atom stereocenters. The molecule has 0 heteroatoms.